The lowest BCUT2D eigenvalue weighted by molar-refractivity contribution is -0.147. The highest BCUT2D eigenvalue weighted by atomic mass is 16.5. The van der Waals surface area contributed by atoms with Crippen LogP contribution >= 0.6 is 0 Å². The maximum absolute atomic E-state index is 11.0. The van der Waals surface area contributed by atoms with Crippen molar-refractivity contribution in [3.8, 4) is 0 Å². The SMILES string of the molecule is C.CC(C)C(=O)NCCCN=[N+]=[N-].CC(C)C(=O)OCCCN=[N+]=[N-]. The number of ether oxygens (including phenoxy) is 1. The van der Waals surface area contributed by atoms with Crippen LogP contribution in [0.2, 0.25) is 0 Å². The molecule has 0 aliphatic rings. The van der Waals surface area contributed by atoms with Crippen LogP contribution in [-0.4, -0.2) is 38.1 Å². The summed E-state index contributed by atoms with van der Waals surface area (Å²) in [6.07, 6.45) is 1.28. The lowest BCUT2D eigenvalue weighted by Gasteiger charge is -2.05. The fourth-order valence-electron chi connectivity index (χ4n) is 1.13. The van der Waals surface area contributed by atoms with Gasteiger partial charge in [-0.25, -0.2) is 0 Å². The summed E-state index contributed by atoms with van der Waals surface area (Å²) in [5.74, 6) is -0.249. The molecule has 0 aliphatic heterocycles. The molecule has 0 aromatic heterocycles. The summed E-state index contributed by atoms with van der Waals surface area (Å²) >= 11 is 0. The predicted molar refractivity (Wildman–Crippen MR) is 97.6 cm³/mol. The molecule has 0 atom stereocenters. The van der Waals surface area contributed by atoms with Gasteiger partial charge in [0, 0.05) is 35.4 Å². The molecule has 0 aliphatic carbocycles. The molecule has 10 heteroatoms. The third-order valence-corrected chi connectivity index (χ3v) is 2.50. The number of hydrogen-bond acceptors (Lipinski definition) is 5. The molecule has 0 fully saturated rings. The van der Waals surface area contributed by atoms with E-state index < -0.39 is 0 Å². The average Bonchev–Trinajstić information content (AvgIpc) is 2.54. The van der Waals surface area contributed by atoms with Crippen molar-refractivity contribution < 1.29 is 14.3 Å². The third-order valence-electron chi connectivity index (χ3n) is 2.50. The number of hydrogen-bond donors (Lipinski definition) is 1. The monoisotopic (exact) mass is 357 g/mol. The molecular weight excluding hydrogens is 326 g/mol. The minimum atomic E-state index is -0.212. The summed E-state index contributed by atoms with van der Waals surface area (Å²) in [6.45, 7) is 8.94. The van der Waals surface area contributed by atoms with Crippen molar-refractivity contribution in [3.63, 3.8) is 0 Å². The summed E-state index contributed by atoms with van der Waals surface area (Å²) in [5.41, 5.74) is 15.8. The van der Waals surface area contributed by atoms with Crippen LogP contribution in [-0.2, 0) is 14.3 Å². The van der Waals surface area contributed by atoms with Crippen LogP contribution in [0.15, 0.2) is 10.2 Å². The molecule has 0 unspecified atom stereocenters. The molecule has 0 aromatic carbocycles. The molecule has 0 bridgehead atoms. The first-order valence-electron chi connectivity index (χ1n) is 7.82. The third kappa shape index (κ3) is 21.6. The van der Waals surface area contributed by atoms with Crippen molar-refractivity contribution in [2.75, 3.05) is 26.2 Å². The molecule has 0 spiro atoms. The van der Waals surface area contributed by atoms with Gasteiger partial charge in [-0.1, -0.05) is 45.4 Å². The molecule has 0 saturated heterocycles. The molecule has 0 heterocycles. The van der Waals surface area contributed by atoms with E-state index in [2.05, 4.69) is 25.4 Å². The molecule has 0 radical (unpaired) electrons. The molecule has 0 saturated carbocycles. The summed E-state index contributed by atoms with van der Waals surface area (Å²) < 4.78 is 4.83. The smallest absolute Gasteiger partial charge is 0.308 e. The van der Waals surface area contributed by atoms with Gasteiger partial charge in [-0.3, -0.25) is 9.59 Å². The molecule has 25 heavy (non-hydrogen) atoms. The van der Waals surface area contributed by atoms with Crippen LogP contribution in [0.25, 0.3) is 20.9 Å². The van der Waals surface area contributed by atoms with Gasteiger partial charge in [0.1, 0.15) is 0 Å². The van der Waals surface area contributed by atoms with E-state index in [1.807, 2.05) is 13.8 Å². The number of rotatable bonds is 10. The lowest BCUT2D eigenvalue weighted by Crippen LogP contribution is -2.28. The quantitative estimate of drug-likeness (QED) is 0.207. The summed E-state index contributed by atoms with van der Waals surface area (Å²) in [5, 5.41) is 9.36. The van der Waals surface area contributed by atoms with E-state index >= 15 is 0 Å². The molecule has 10 nitrogen and oxygen atoms in total. The highest BCUT2D eigenvalue weighted by Crippen LogP contribution is 1.96. The fraction of sp³-hybridized carbons (Fsp3) is 0.867. The Balaban J connectivity index is -0.000000372. The maximum atomic E-state index is 11.0. The number of carbonyl (C=O) groups is 2. The van der Waals surface area contributed by atoms with E-state index in [0.717, 1.165) is 0 Å². The fourth-order valence-corrected chi connectivity index (χ4v) is 1.13. The van der Waals surface area contributed by atoms with Gasteiger partial charge in [-0.2, -0.15) is 0 Å². The minimum absolute atomic E-state index is 0. The zero-order chi connectivity index (χ0) is 18.8. The first kappa shape index (κ1) is 27.4. The minimum Gasteiger partial charge on any atom is -0.465 e. The molecule has 144 valence electrons. The van der Waals surface area contributed by atoms with Gasteiger partial charge in [-0.05, 0) is 23.9 Å². The van der Waals surface area contributed by atoms with Gasteiger partial charge in [0.25, 0.3) is 0 Å². The van der Waals surface area contributed by atoms with Gasteiger partial charge >= 0.3 is 5.97 Å². The van der Waals surface area contributed by atoms with Crippen LogP contribution in [0, 0.1) is 11.8 Å². The summed E-state index contributed by atoms with van der Waals surface area (Å²) in [4.78, 5) is 27.0. The highest BCUT2D eigenvalue weighted by molar-refractivity contribution is 5.77. The van der Waals surface area contributed by atoms with Gasteiger partial charge < -0.3 is 10.1 Å². The summed E-state index contributed by atoms with van der Waals surface area (Å²) in [7, 11) is 0. The number of nitrogens with zero attached hydrogens (tertiary/aromatic N) is 6. The number of amides is 1. The molecule has 1 amide bonds. The second-order valence-corrected chi connectivity index (χ2v) is 5.38. The van der Waals surface area contributed by atoms with Crippen LogP contribution in [0.4, 0.5) is 0 Å². The van der Waals surface area contributed by atoms with E-state index in [9.17, 15) is 9.59 Å². The molecule has 1 N–H and O–H groups in total. The van der Waals surface area contributed by atoms with Gasteiger partial charge in [-0.15, -0.1) is 0 Å². The van der Waals surface area contributed by atoms with E-state index in [1.165, 1.54) is 0 Å². The van der Waals surface area contributed by atoms with Gasteiger partial charge in [0.2, 0.25) is 5.91 Å². The van der Waals surface area contributed by atoms with Crippen LogP contribution in [0.1, 0.15) is 48.0 Å². The Morgan fingerprint density at radius 3 is 1.96 bits per heavy atom. The van der Waals surface area contributed by atoms with Crippen molar-refractivity contribution in [1.29, 1.82) is 0 Å². The van der Waals surface area contributed by atoms with Crippen LogP contribution in [0.3, 0.4) is 0 Å². The van der Waals surface area contributed by atoms with Crippen LogP contribution < -0.4 is 5.32 Å². The Labute approximate surface area is 149 Å². The topological polar surface area (TPSA) is 153 Å². The number of carbonyl (C=O) groups excluding carboxylic acids is 2. The largest absolute Gasteiger partial charge is 0.465 e. The normalized spacial score (nSPS) is 8.88. The van der Waals surface area contributed by atoms with Crippen molar-refractivity contribution in [2.45, 2.75) is 48.0 Å². The second-order valence-electron chi connectivity index (χ2n) is 5.38. The van der Waals surface area contributed by atoms with E-state index in [1.54, 1.807) is 13.8 Å². The zero-order valence-corrected chi connectivity index (χ0v) is 14.8. The Morgan fingerprint density at radius 1 is 1.00 bits per heavy atom. The molecule has 0 rings (SSSR count). The Bertz CT molecular complexity index is 412. The predicted octanol–water partition coefficient (Wildman–Crippen LogP) is 3.98. The van der Waals surface area contributed by atoms with E-state index in [0.29, 0.717) is 39.1 Å². The van der Waals surface area contributed by atoms with Gasteiger partial charge in [0.05, 0.1) is 12.5 Å². The number of azide groups is 2. The van der Waals surface area contributed by atoms with Crippen molar-refractivity contribution in [3.05, 3.63) is 20.9 Å². The standard InChI is InChI=1S/C7H14N4O.C7H13N3O2.CH4/c1-6(2)7(12)9-4-3-5-10-11-8;1-6(2)7(11)12-5-3-4-9-10-8;/h6H,3-5H2,1-2H3,(H,9,12);6H,3-5H2,1-2H3;1H4. The second kappa shape index (κ2) is 19.6. The lowest BCUT2D eigenvalue weighted by atomic mass is 10.2. The van der Waals surface area contributed by atoms with Crippen molar-refractivity contribution >= 4 is 11.9 Å². The van der Waals surface area contributed by atoms with E-state index in [-0.39, 0.29) is 31.1 Å². The number of nitrogens with one attached hydrogen (secondary N) is 1. The number of esters is 1. The highest BCUT2D eigenvalue weighted by Gasteiger charge is 2.06. The first-order valence-corrected chi connectivity index (χ1v) is 7.82. The van der Waals surface area contributed by atoms with Crippen molar-refractivity contribution in [2.24, 2.45) is 22.1 Å². The first-order chi connectivity index (χ1) is 11.4. The Kier molecular flexibility index (Phi) is 21.5. The summed E-state index contributed by atoms with van der Waals surface area (Å²) in [6, 6.07) is 0. The zero-order valence-electron chi connectivity index (χ0n) is 14.8. The van der Waals surface area contributed by atoms with Crippen LogP contribution in [0.5, 0.6) is 0 Å². The molecular formula is C15H31N7O3. The van der Waals surface area contributed by atoms with Gasteiger partial charge in [0.15, 0.2) is 0 Å². The Hall–Kier alpha value is -2.44. The van der Waals surface area contributed by atoms with E-state index in [4.69, 9.17) is 15.8 Å². The molecule has 0 aromatic rings. The van der Waals surface area contributed by atoms with Crippen molar-refractivity contribution in [1.82, 2.24) is 5.32 Å². The average molecular weight is 357 g/mol. The maximum Gasteiger partial charge on any atom is 0.308 e. The Morgan fingerprint density at radius 2 is 1.52 bits per heavy atom.